The maximum atomic E-state index is 5.63. The van der Waals surface area contributed by atoms with Crippen molar-refractivity contribution in [2.45, 2.75) is 33.7 Å². The fraction of sp³-hybridized carbons (Fsp3) is 1.00. The van der Waals surface area contributed by atoms with E-state index in [9.17, 15) is 0 Å². The number of nitrogens with zero attached hydrogens (tertiary/aromatic N) is 1. The highest BCUT2D eigenvalue weighted by Gasteiger charge is 2.18. The van der Waals surface area contributed by atoms with Crippen LogP contribution in [0.2, 0.25) is 0 Å². The molecule has 0 saturated heterocycles. The van der Waals surface area contributed by atoms with Gasteiger partial charge in [0.05, 0.1) is 0 Å². The van der Waals surface area contributed by atoms with Crippen molar-refractivity contribution >= 4 is 0 Å². The summed E-state index contributed by atoms with van der Waals surface area (Å²) in [7, 11) is 2.14. The molecule has 0 aliphatic rings. The molecule has 0 aliphatic heterocycles. The molecule has 2 N–H and O–H groups in total. The van der Waals surface area contributed by atoms with Crippen molar-refractivity contribution in [3.63, 3.8) is 0 Å². The van der Waals surface area contributed by atoms with Crippen LogP contribution in [0.3, 0.4) is 0 Å². The standard InChI is InChI=1S/C9H22N2/c1-8(2)11(5)7-9(3,4)6-10/h8H,6-7,10H2,1-5H3. The molecule has 0 aromatic rings. The third-order valence-electron chi connectivity index (χ3n) is 2.11. The van der Waals surface area contributed by atoms with Crippen molar-refractivity contribution in [3.05, 3.63) is 0 Å². The lowest BCUT2D eigenvalue weighted by atomic mass is 9.93. The van der Waals surface area contributed by atoms with Crippen LogP contribution in [0.25, 0.3) is 0 Å². The normalized spacial score (nSPS) is 13.1. The summed E-state index contributed by atoms with van der Waals surface area (Å²) in [5.74, 6) is 0. The molecule has 0 radical (unpaired) electrons. The molecule has 0 aliphatic carbocycles. The molecule has 0 atom stereocenters. The monoisotopic (exact) mass is 158 g/mol. The first kappa shape index (κ1) is 10.9. The molecule has 0 rings (SSSR count). The first-order chi connectivity index (χ1) is 4.89. The van der Waals surface area contributed by atoms with Crippen molar-refractivity contribution in [2.24, 2.45) is 11.1 Å². The Labute approximate surface area is 70.8 Å². The van der Waals surface area contributed by atoms with Gasteiger partial charge in [0.25, 0.3) is 0 Å². The molecular weight excluding hydrogens is 136 g/mol. The Hall–Kier alpha value is -0.0800. The average molecular weight is 158 g/mol. The highest BCUT2D eigenvalue weighted by atomic mass is 15.1. The summed E-state index contributed by atoms with van der Waals surface area (Å²) in [5.41, 5.74) is 5.88. The van der Waals surface area contributed by atoms with Crippen molar-refractivity contribution < 1.29 is 0 Å². The summed E-state index contributed by atoms with van der Waals surface area (Å²) >= 11 is 0. The van der Waals surface area contributed by atoms with Gasteiger partial charge in [-0.25, -0.2) is 0 Å². The van der Waals surface area contributed by atoms with Crippen LogP contribution in [0.4, 0.5) is 0 Å². The predicted octanol–water partition coefficient (Wildman–Crippen LogP) is 1.31. The van der Waals surface area contributed by atoms with Crippen LogP contribution in [0.5, 0.6) is 0 Å². The summed E-state index contributed by atoms with van der Waals surface area (Å²) in [6.45, 7) is 10.6. The first-order valence-corrected chi connectivity index (χ1v) is 4.29. The number of nitrogens with two attached hydrogens (primary N) is 1. The van der Waals surface area contributed by atoms with E-state index in [1.54, 1.807) is 0 Å². The van der Waals surface area contributed by atoms with Crippen molar-refractivity contribution in [2.75, 3.05) is 20.1 Å². The van der Waals surface area contributed by atoms with Gasteiger partial charge in [-0.3, -0.25) is 0 Å². The second-order valence-corrected chi connectivity index (χ2v) is 4.38. The van der Waals surface area contributed by atoms with Gasteiger partial charge in [-0.15, -0.1) is 0 Å². The SMILES string of the molecule is CC(C)N(C)CC(C)(C)CN. The lowest BCUT2D eigenvalue weighted by Crippen LogP contribution is -2.39. The van der Waals surface area contributed by atoms with Crippen LogP contribution in [-0.4, -0.2) is 31.1 Å². The van der Waals surface area contributed by atoms with Gasteiger partial charge in [0, 0.05) is 12.6 Å². The summed E-state index contributed by atoms with van der Waals surface area (Å²) in [6, 6.07) is 0.612. The maximum Gasteiger partial charge on any atom is 0.00444 e. The molecule has 0 heterocycles. The summed E-state index contributed by atoms with van der Waals surface area (Å²) in [4.78, 5) is 2.33. The van der Waals surface area contributed by atoms with Gasteiger partial charge in [-0.2, -0.15) is 0 Å². The molecule has 2 heteroatoms. The topological polar surface area (TPSA) is 29.3 Å². The lowest BCUT2D eigenvalue weighted by molar-refractivity contribution is 0.182. The average Bonchev–Trinajstić information content (AvgIpc) is 1.87. The number of hydrogen-bond acceptors (Lipinski definition) is 2. The second kappa shape index (κ2) is 4.07. The Kier molecular flexibility index (Phi) is 4.04. The molecule has 0 aromatic heterocycles. The van der Waals surface area contributed by atoms with Gasteiger partial charge in [0.1, 0.15) is 0 Å². The Balaban J connectivity index is 3.83. The molecule has 0 amide bonds. The molecule has 0 aromatic carbocycles. The number of rotatable bonds is 4. The van der Waals surface area contributed by atoms with Crippen LogP contribution < -0.4 is 5.73 Å². The number of hydrogen-bond donors (Lipinski definition) is 1. The van der Waals surface area contributed by atoms with E-state index >= 15 is 0 Å². The smallest absolute Gasteiger partial charge is 0.00444 e. The van der Waals surface area contributed by atoms with Gasteiger partial charge >= 0.3 is 0 Å². The molecule has 2 nitrogen and oxygen atoms in total. The van der Waals surface area contributed by atoms with Crippen LogP contribution in [0, 0.1) is 5.41 Å². The fourth-order valence-corrected chi connectivity index (χ4v) is 0.922. The van der Waals surface area contributed by atoms with Crippen LogP contribution in [0.1, 0.15) is 27.7 Å². The van der Waals surface area contributed by atoms with E-state index in [1.165, 1.54) is 0 Å². The summed E-state index contributed by atoms with van der Waals surface area (Å²) in [6.07, 6.45) is 0. The van der Waals surface area contributed by atoms with Gasteiger partial charge in [0.15, 0.2) is 0 Å². The largest absolute Gasteiger partial charge is 0.330 e. The van der Waals surface area contributed by atoms with Crippen LogP contribution in [-0.2, 0) is 0 Å². The van der Waals surface area contributed by atoms with E-state index in [0.717, 1.165) is 13.1 Å². The first-order valence-electron chi connectivity index (χ1n) is 4.29. The fourth-order valence-electron chi connectivity index (χ4n) is 0.922. The van der Waals surface area contributed by atoms with Crippen molar-refractivity contribution in [1.82, 2.24) is 4.90 Å². The zero-order valence-corrected chi connectivity index (χ0v) is 8.52. The quantitative estimate of drug-likeness (QED) is 0.668. The Morgan fingerprint density at radius 2 is 1.82 bits per heavy atom. The van der Waals surface area contributed by atoms with Gasteiger partial charge in [-0.05, 0) is 32.9 Å². The molecular formula is C9H22N2. The third kappa shape index (κ3) is 4.38. The highest BCUT2D eigenvalue weighted by molar-refractivity contribution is 4.74. The van der Waals surface area contributed by atoms with E-state index in [-0.39, 0.29) is 5.41 Å². The maximum absolute atomic E-state index is 5.63. The molecule has 0 fully saturated rings. The Bertz CT molecular complexity index is 108. The highest BCUT2D eigenvalue weighted by Crippen LogP contribution is 2.14. The summed E-state index contributed by atoms with van der Waals surface area (Å²) < 4.78 is 0. The lowest BCUT2D eigenvalue weighted by Gasteiger charge is -2.31. The predicted molar refractivity (Wildman–Crippen MR) is 50.6 cm³/mol. The zero-order chi connectivity index (χ0) is 9.07. The van der Waals surface area contributed by atoms with Crippen molar-refractivity contribution in [1.29, 1.82) is 0 Å². The molecule has 0 unspecified atom stereocenters. The molecule has 68 valence electrons. The van der Waals surface area contributed by atoms with E-state index in [4.69, 9.17) is 5.73 Å². The molecule has 0 saturated carbocycles. The van der Waals surface area contributed by atoms with E-state index < -0.39 is 0 Å². The third-order valence-corrected chi connectivity index (χ3v) is 2.11. The Morgan fingerprint density at radius 3 is 2.09 bits per heavy atom. The van der Waals surface area contributed by atoms with Gasteiger partial charge < -0.3 is 10.6 Å². The summed E-state index contributed by atoms with van der Waals surface area (Å²) in [5, 5.41) is 0. The molecule has 0 bridgehead atoms. The minimum absolute atomic E-state index is 0.249. The van der Waals surface area contributed by atoms with E-state index in [0.29, 0.717) is 6.04 Å². The van der Waals surface area contributed by atoms with Crippen LogP contribution in [0.15, 0.2) is 0 Å². The van der Waals surface area contributed by atoms with E-state index in [2.05, 4.69) is 39.6 Å². The van der Waals surface area contributed by atoms with Gasteiger partial charge in [0.2, 0.25) is 0 Å². The van der Waals surface area contributed by atoms with Crippen molar-refractivity contribution in [3.8, 4) is 0 Å². The second-order valence-electron chi connectivity index (χ2n) is 4.38. The minimum Gasteiger partial charge on any atom is -0.330 e. The van der Waals surface area contributed by atoms with Crippen LogP contribution >= 0.6 is 0 Å². The molecule has 11 heavy (non-hydrogen) atoms. The Morgan fingerprint density at radius 1 is 1.36 bits per heavy atom. The minimum atomic E-state index is 0.249. The van der Waals surface area contributed by atoms with E-state index in [1.807, 2.05) is 0 Å². The van der Waals surface area contributed by atoms with Gasteiger partial charge in [-0.1, -0.05) is 13.8 Å². The molecule has 0 spiro atoms. The zero-order valence-electron chi connectivity index (χ0n) is 8.52.